The molecule has 4 rings (SSSR count). The molecule has 0 saturated carbocycles. The molecule has 1 atom stereocenters. The Hall–Kier alpha value is -0.950. The van der Waals surface area contributed by atoms with Crippen LogP contribution >= 0.6 is 15.9 Å². The molecule has 3 aliphatic heterocycles. The van der Waals surface area contributed by atoms with Gasteiger partial charge in [0.2, 0.25) is 5.91 Å². The lowest BCUT2D eigenvalue weighted by molar-refractivity contribution is -0.148. The maximum Gasteiger partial charge on any atom is 0.233 e. The number of carbonyl (C=O) groups excluding carboxylic acids is 1. The van der Waals surface area contributed by atoms with Crippen LogP contribution in [0.4, 0.5) is 0 Å². The minimum atomic E-state index is -0.474. The van der Waals surface area contributed by atoms with E-state index in [9.17, 15) is 4.79 Å². The predicted molar refractivity (Wildman–Crippen MR) is 101 cm³/mol. The molecule has 0 bridgehead atoms. The normalized spacial score (nSPS) is 26.8. The van der Waals surface area contributed by atoms with Gasteiger partial charge >= 0.3 is 0 Å². The second-order valence-electron chi connectivity index (χ2n) is 7.46. The molecule has 3 heterocycles. The molecule has 3 fully saturated rings. The van der Waals surface area contributed by atoms with Crippen LogP contribution in [0.5, 0.6) is 0 Å². The van der Waals surface area contributed by atoms with Gasteiger partial charge in [-0.3, -0.25) is 4.79 Å². The van der Waals surface area contributed by atoms with Crippen molar-refractivity contribution in [1.82, 2.24) is 4.90 Å². The van der Waals surface area contributed by atoms with Gasteiger partial charge in [0.1, 0.15) is 0 Å². The number of amides is 1. The van der Waals surface area contributed by atoms with Crippen molar-refractivity contribution in [3.8, 4) is 0 Å². The maximum absolute atomic E-state index is 13.7. The Bertz CT molecular complexity index is 623. The van der Waals surface area contributed by atoms with E-state index >= 15 is 0 Å². The van der Waals surface area contributed by atoms with Gasteiger partial charge in [0.15, 0.2) is 6.29 Å². The van der Waals surface area contributed by atoms with Crippen molar-refractivity contribution in [3.63, 3.8) is 0 Å². The number of nitrogens with zero attached hydrogens (tertiary/aromatic N) is 1. The molecule has 0 aliphatic carbocycles. The van der Waals surface area contributed by atoms with Crippen LogP contribution in [0.3, 0.4) is 0 Å². The summed E-state index contributed by atoms with van der Waals surface area (Å²) in [5, 5.41) is 0. The fraction of sp³-hybridized carbons (Fsp3) is 0.650. The van der Waals surface area contributed by atoms with Crippen LogP contribution in [-0.4, -0.2) is 56.6 Å². The minimum Gasteiger partial charge on any atom is -0.381 e. The highest BCUT2D eigenvalue weighted by Gasteiger charge is 2.45. The zero-order valence-electron chi connectivity index (χ0n) is 15.0. The van der Waals surface area contributed by atoms with Gasteiger partial charge in [-0.2, -0.15) is 0 Å². The van der Waals surface area contributed by atoms with E-state index in [-0.39, 0.29) is 18.1 Å². The summed E-state index contributed by atoms with van der Waals surface area (Å²) in [5.41, 5.74) is 0.627. The second kappa shape index (κ2) is 7.97. The molecule has 1 aromatic carbocycles. The van der Waals surface area contributed by atoms with Gasteiger partial charge in [-0.15, -0.1) is 0 Å². The van der Waals surface area contributed by atoms with Crippen LogP contribution in [0, 0.1) is 5.92 Å². The van der Waals surface area contributed by atoms with E-state index in [4.69, 9.17) is 14.2 Å². The van der Waals surface area contributed by atoms with Gasteiger partial charge in [0, 0.05) is 36.7 Å². The van der Waals surface area contributed by atoms with E-state index in [0.717, 1.165) is 48.8 Å². The molecule has 3 saturated heterocycles. The summed E-state index contributed by atoms with van der Waals surface area (Å²) in [4.78, 5) is 15.7. The number of ether oxygens (including phenoxy) is 3. The molecular formula is C20H26BrNO4. The van der Waals surface area contributed by atoms with Crippen molar-refractivity contribution in [2.24, 2.45) is 5.92 Å². The number of likely N-dealkylation sites (tertiary alicyclic amines) is 1. The number of halogens is 1. The standard InChI is InChI=1S/C20H26BrNO4/c21-17-5-3-16(4-6-17)20(7-10-24-11-8-20)19(23)22-9-1-2-15(14-22)18-25-12-13-26-18/h3-6,15,18H,1-2,7-14H2. The summed E-state index contributed by atoms with van der Waals surface area (Å²) in [6, 6.07) is 8.22. The summed E-state index contributed by atoms with van der Waals surface area (Å²) < 4.78 is 18.0. The Morgan fingerprint density at radius 1 is 1.08 bits per heavy atom. The number of benzene rings is 1. The Labute approximate surface area is 163 Å². The van der Waals surface area contributed by atoms with Crippen LogP contribution in [-0.2, 0) is 24.4 Å². The van der Waals surface area contributed by atoms with Crippen LogP contribution in [0.1, 0.15) is 31.2 Å². The Kier molecular flexibility index (Phi) is 5.64. The van der Waals surface area contributed by atoms with Gasteiger partial charge in [0.05, 0.1) is 18.6 Å². The lowest BCUT2D eigenvalue weighted by Crippen LogP contribution is -2.53. The van der Waals surface area contributed by atoms with Crippen LogP contribution in [0.15, 0.2) is 28.7 Å². The first-order chi connectivity index (χ1) is 12.7. The molecule has 142 valence electrons. The summed E-state index contributed by atoms with van der Waals surface area (Å²) in [6.07, 6.45) is 3.40. The summed E-state index contributed by atoms with van der Waals surface area (Å²) in [6.45, 7) is 4.14. The molecule has 0 radical (unpaired) electrons. The molecule has 1 unspecified atom stereocenters. The Morgan fingerprint density at radius 3 is 2.46 bits per heavy atom. The predicted octanol–water partition coefficient (Wildman–Crippen LogP) is 3.11. The van der Waals surface area contributed by atoms with Crippen molar-refractivity contribution in [3.05, 3.63) is 34.3 Å². The van der Waals surface area contributed by atoms with E-state index in [0.29, 0.717) is 26.4 Å². The number of carbonyl (C=O) groups is 1. The molecule has 3 aliphatic rings. The van der Waals surface area contributed by atoms with E-state index in [1.54, 1.807) is 0 Å². The maximum atomic E-state index is 13.7. The Balaban J connectivity index is 1.56. The van der Waals surface area contributed by atoms with E-state index < -0.39 is 5.41 Å². The number of hydrogen-bond donors (Lipinski definition) is 0. The number of rotatable bonds is 3. The zero-order chi connectivity index (χ0) is 18.0. The highest BCUT2D eigenvalue weighted by atomic mass is 79.9. The van der Waals surface area contributed by atoms with Crippen molar-refractivity contribution >= 4 is 21.8 Å². The molecule has 5 nitrogen and oxygen atoms in total. The first-order valence-electron chi connectivity index (χ1n) is 9.55. The Morgan fingerprint density at radius 2 is 1.77 bits per heavy atom. The van der Waals surface area contributed by atoms with E-state index in [1.165, 1.54) is 0 Å². The highest BCUT2D eigenvalue weighted by molar-refractivity contribution is 9.10. The first-order valence-corrected chi connectivity index (χ1v) is 10.3. The van der Waals surface area contributed by atoms with Crippen molar-refractivity contribution < 1.29 is 19.0 Å². The van der Waals surface area contributed by atoms with Crippen LogP contribution in [0.25, 0.3) is 0 Å². The summed E-state index contributed by atoms with van der Waals surface area (Å²) in [5.74, 6) is 0.517. The topological polar surface area (TPSA) is 48.0 Å². The van der Waals surface area contributed by atoms with Gasteiger partial charge in [-0.05, 0) is 43.4 Å². The SMILES string of the molecule is O=C(N1CCCC(C2OCCO2)C1)C1(c2ccc(Br)cc2)CCOCC1. The van der Waals surface area contributed by atoms with E-state index in [2.05, 4.69) is 28.1 Å². The lowest BCUT2D eigenvalue weighted by Gasteiger charge is -2.43. The molecule has 6 heteroatoms. The fourth-order valence-electron chi connectivity index (χ4n) is 4.48. The van der Waals surface area contributed by atoms with Crippen molar-refractivity contribution in [2.45, 2.75) is 37.4 Å². The van der Waals surface area contributed by atoms with E-state index in [1.807, 2.05) is 17.0 Å². The third-order valence-corrected chi connectivity index (χ3v) is 6.46. The first kappa shape index (κ1) is 18.4. The molecular weight excluding hydrogens is 398 g/mol. The third kappa shape index (κ3) is 3.57. The highest BCUT2D eigenvalue weighted by Crippen LogP contribution is 2.38. The molecule has 1 aromatic rings. The fourth-order valence-corrected chi connectivity index (χ4v) is 4.75. The number of hydrogen-bond acceptors (Lipinski definition) is 4. The van der Waals surface area contributed by atoms with Crippen molar-refractivity contribution in [1.29, 1.82) is 0 Å². The van der Waals surface area contributed by atoms with Gasteiger partial charge in [-0.1, -0.05) is 28.1 Å². The molecule has 1 amide bonds. The molecule has 26 heavy (non-hydrogen) atoms. The number of piperidine rings is 1. The average molecular weight is 424 g/mol. The smallest absolute Gasteiger partial charge is 0.233 e. The average Bonchev–Trinajstić information content (AvgIpc) is 3.23. The minimum absolute atomic E-state index is 0.149. The summed E-state index contributed by atoms with van der Waals surface area (Å²) >= 11 is 3.50. The monoisotopic (exact) mass is 423 g/mol. The third-order valence-electron chi connectivity index (χ3n) is 5.93. The zero-order valence-corrected chi connectivity index (χ0v) is 16.6. The van der Waals surface area contributed by atoms with Gasteiger partial charge in [-0.25, -0.2) is 0 Å². The lowest BCUT2D eigenvalue weighted by atomic mass is 9.72. The largest absolute Gasteiger partial charge is 0.381 e. The quantitative estimate of drug-likeness (QED) is 0.749. The van der Waals surface area contributed by atoms with Gasteiger partial charge < -0.3 is 19.1 Å². The van der Waals surface area contributed by atoms with Crippen LogP contribution < -0.4 is 0 Å². The summed E-state index contributed by atoms with van der Waals surface area (Å²) in [7, 11) is 0. The van der Waals surface area contributed by atoms with Gasteiger partial charge in [0.25, 0.3) is 0 Å². The van der Waals surface area contributed by atoms with Crippen LogP contribution in [0.2, 0.25) is 0 Å². The molecule has 0 aromatic heterocycles. The van der Waals surface area contributed by atoms with Crippen molar-refractivity contribution in [2.75, 3.05) is 39.5 Å². The molecule has 0 spiro atoms. The second-order valence-corrected chi connectivity index (χ2v) is 8.38. The molecule has 0 N–H and O–H groups in total.